The predicted molar refractivity (Wildman–Crippen MR) is 56.3 cm³/mol. The smallest absolute Gasteiger partial charge is 0.316 e. The molecule has 0 aromatic heterocycles. The van der Waals surface area contributed by atoms with Crippen LogP contribution in [0.15, 0.2) is 18.2 Å². The van der Waals surface area contributed by atoms with E-state index in [9.17, 15) is 4.79 Å². The van der Waals surface area contributed by atoms with Crippen LogP contribution in [0.25, 0.3) is 0 Å². The maximum atomic E-state index is 10.8. The molecule has 0 aliphatic heterocycles. The first-order valence-electron chi connectivity index (χ1n) is 4.94. The standard InChI is InChI=1S/C11H14N2O/c12-11(14)13-10-7-3-5-8-4-1-2-6-9(8)10/h3,5,7H,1-2,4,6H2,(H3,12,13,14). The third-order valence-electron chi connectivity index (χ3n) is 2.65. The molecule has 1 aromatic carbocycles. The number of anilines is 1. The molecule has 3 N–H and O–H groups in total. The lowest BCUT2D eigenvalue weighted by Crippen LogP contribution is -2.21. The molecule has 1 aliphatic carbocycles. The number of primary amides is 1. The van der Waals surface area contributed by atoms with Gasteiger partial charge in [-0.15, -0.1) is 0 Å². The van der Waals surface area contributed by atoms with Crippen molar-refractivity contribution in [3.05, 3.63) is 29.3 Å². The monoisotopic (exact) mass is 190 g/mol. The minimum atomic E-state index is -0.482. The van der Waals surface area contributed by atoms with Gasteiger partial charge in [-0.25, -0.2) is 4.79 Å². The van der Waals surface area contributed by atoms with Crippen molar-refractivity contribution < 1.29 is 4.79 Å². The summed E-state index contributed by atoms with van der Waals surface area (Å²) < 4.78 is 0. The molecule has 3 heteroatoms. The summed E-state index contributed by atoms with van der Waals surface area (Å²) in [4.78, 5) is 10.8. The number of aryl methyl sites for hydroxylation is 1. The second kappa shape index (κ2) is 3.70. The summed E-state index contributed by atoms with van der Waals surface area (Å²) in [6.45, 7) is 0. The Morgan fingerprint density at radius 2 is 2.07 bits per heavy atom. The number of hydrogen-bond donors (Lipinski definition) is 2. The average molecular weight is 190 g/mol. The second-order valence-corrected chi connectivity index (χ2v) is 3.64. The lowest BCUT2D eigenvalue weighted by molar-refractivity contribution is 0.259. The fourth-order valence-electron chi connectivity index (χ4n) is 2.03. The van der Waals surface area contributed by atoms with Crippen molar-refractivity contribution in [2.45, 2.75) is 25.7 Å². The summed E-state index contributed by atoms with van der Waals surface area (Å²) in [5.41, 5.74) is 8.60. The summed E-state index contributed by atoms with van der Waals surface area (Å²) in [5, 5.41) is 2.67. The molecule has 0 unspecified atom stereocenters. The number of nitrogens with one attached hydrogen (secondary N) is 1. The van der Waals surface area contributed by atoms with Crippen LogP contribution in [0.2, 0.25) is 0 Å². The molecule has 3 nitrogen and oxygen atoms in total. The van der Waals surface area contributed by atoms with Gasteiger partial charge in [0.15, 0.2) is 0 Å². The average Bonchev–Trinajstić information content (AvgIpc) is 2.18. The van der Waals surface area contributed by atoms with E-state index in [-0.39, 0.29) is 0 Å². The summed E-state index contributed by atoms with van der Waals surface area (Å²) in [7, 11) is 0. The second-order valence-electron chi connectivity index (χ2n) is 3.64. The molecule has 0 saturated heterocycles. The molecule has 0 radical (unpaired) electrons. The zero-order valence-corrected chi connectivity index (χ0v) is 8.05. The molecule has 0 spiro atoms. The highest BCUT2D eigenvalue weighted by molar-refractivity contribution is 5.89. The van der Waals surface area contributed by atoms with Gasteiger partial charge >= 0.3 is 6.03 Å². The number of fused-ring (bicyclic) bond motifs is 1. The van der Waals surface area contributed by atoms with Crippen molar-refractivity contribution in [2.75, 3.05) is 5.32 Å². The van der Waals surface area contributed by atoms with Gasteiger partial charge in [0.05, 0.1) is 0 Å². The van der Waals surface area contributed by atoms with E-state index < -0.39 is 6.03 Å². The molecule has 74 valence electrons. The summed E-state index contributed by atoms with van der Waals surface area (Å²) in [6, 6.07) is 5.52. The molecule has 14 heavy (non-hydrogen) atoms. The quantitative estimate of drug-likeness (QED) is 0.699. The largest absolute Gasteiger partial charge is 0.351 e. The Morgan fingerprint density at radius 1 is 1.29 bits per heavy atom. The van der Waals surface area contributed by atoms with Gasteiger partial charge in [-0.05, 0) is 42.9 Å². The summed E-state index contributed by atoms with van der Waals surface area (Å²) >= 11 is 0. The Labute approximate surface area is 83.3 Å². The van der Waals surface area contributed by atoms with Crippen LogP contribution in [-0.2, 0) is 12.8 Å². The predicted octanol–water partition coefficient (Wildman–Crippen LogP) is 2.06. The van der Waals surface area contributed by atoms with Crippen LogP contribution < -0.4 is 11.1 Å². The van der Waals surface area contributed by atoms with Crippen LogP contribution >= 0.6 is 0 Å². The van der Waals surface area contributed by atoms with Gasteiger partial charge in [-0.1, -0.05) is 12.1 Å². The number of hydrogen-bond acceptors (Lipinski definition) is 1. The van der Waals surface area contributed by atoms with E-state index >= 15 is 0 Å². The Kier molecular flexibility index (Phi) is 2.39. The fourth-order valence-corrected chi connectivity index (χ4v) is 2.03. The van der Waals surface area contributed by atoms with Crippen LogP contribution in [-0.4, -0.2) is 6.03 Å². The molecule has 1 aliphatic rings. The maximum Gasteiger partial charge on any atom is 0.316 e. The minimum absolute atomic E-state index is 0.482. The Morgan fingerprint density at radius 3 is 2.86 bits per heavy atom. The number of amides is 2. The van der Waals surface area contributed by atoms with Crippen molar-refractivity contribution in [1.29, 1.82) is 0 Å². The lowest BCUT2D eigenvalue weighted by atomic mass is 9.90. The number of urea groups is 1. The van der Waals surface area contributed by atoms with Crippen LogP contribution in [0.3, 0.4) is 0 Å². The van der Waals surface area contributed by atoms with Gasteiger partial charge in [0, 0.05) is 5.69 Å². The third kappa shape index (κ3) is 1.71. The normalized spacial score (nSPS) is 14.6. The number of carbonyl (C=O) groups is 1. The van der Waals surface area contributed by atoms with Crippen LogP contribution in [0.4, 0.5) is 10.5 Å². The van der Waals surface area contributed by atoms with E-state index in [1.54, 1.807) is 0 Å². The van der Waals surface area contributed by atoms with Gasteiger partial charge in [0.2, 0.25) is 0 Å². The highest BCUT2D eigenvalue weighted by Gasteiger charge is 2.12. The van der Waals surface area contributed by atoms with Crippen LogP contribution in [0.1, 0.15) is 24.0 Å². The van der Waals surface area contributed by atoms with E-state index in [4.69, 9.17) is 5.73 Å². The molecule has 1 aromatic rings. The lowest BCUT2D eigenvalue weighted by Gasteiger charge is -2.18. The van der Waals surface area contributed by atoms with Crippen molar-refractivity contribution in [1.82, 2.24) is 0 Å². The van der Waals surface area contributed by atoms with Gasteiger partial charge in [-0.3, -0.25) is 0 Å². The zero-order valence-electron chi connectivity index (χ0n) is 8.05. The van der Waals surface area contributed by atoms with Crippen LogP contribution in [0, 0.1) is 0 Å². The fraction of sp³-hybridized carbons (Fsp3) is 0.364. The van der Waals surface area contributed by atoms with E-state index in [1.165, 1.54) is 24.0 Å². The summed E-state index contributed by atoms with van der Waals surface area (Å²) in [5.74, 6) is 0. The first-order valence-corrected chi connectivity index (χ1v) is 4.94. The van der Waals surface area contributed by atoms with Crippen molar-refractivity contribution in [3.8, 4) is 0 Å². The molecule has 0 fully saturated rings. The SMILES string of the molecule is NC(=O)Nc1cccc2c1CCCC2. The first-order chi connectivity index (χ1) is 6.77. The molecular formula is C11H14N2O. The maximum absolute atomic E-state index is 10.8. The first kappa shape index (κ1) is 9.06. The van der Waals surface area contributed by atoms with Crippen molar-refractivity contribution >= 4 is 11.7 Å². The third-order valence-corrected chi connectivity index (χ3v) is 2.65. The molecule has 2 amide bonds. The van der Waals surface area contributed by atoms with E-state index in [0.29, 0.717) is 0 Å². The molecule has 2 rings (SSSR count). The summed E-state index contributed by atoms with van der Waals surface area (Å²) in [6.07, 6.45) is 4.60. The molecule has 0 atom stereocenters. The van der Waals surface area contributed by atoms with Gasteiger partial charge in [0.1, 0.15) is 0 Å². The van der Waals surface area contributed by atoms with Crippen molar-refractivity contribution in [3.63, 3.8) is 0 Å². The minimum Gasteiger partial charge on any atom is -0.351 e. The van der Waals surface area contributed by atoms with E-state index in [1.807, 2.05) is 12.1 Å². The number of carbonyl (C=O) groups excluding carboxylic acids is 1. The van der Waals surface area contributed by atoms with Crippen molar-refractivity contribution in [2.24, 2.45) is 5.73 Å². The Bertz CT molecular complexity index is 360. The zero-order chi connectivity index (χ0) is 9.97. The molecule has 0 saturated carbocycles. The van der Waals surface area contributed by atoms with Gasteiger partial charge in [0.25, 0.3) is 0 Å². The van der Waals surface area contributed by atoms with Gasteiger partial charge < -0.3 is 11.1 Å². The molecule has 0 heterocycles. The number of nitrogens with two attached hydrogens (primary N) is 1. The topological polar surface area (TPSA) is 55.1 Å². The number of benzene rings is 1. The Balaban J connectivity index is 2.35. The number of rotatable bonds is 1. The van der Waals surface area contributed by atoms with E-state index in [2.05, 4.69) is 11.4 Å². The highest BCUT2D eigenvalue weighted by atomic mass is 16.2. The van der Waals surface area contributed by atoms with Crippen LogP contribution in [0.5, 0.6) is 0 Å². The Hall–Kier alpha value is -1.51. The van der Waals surface area contributed by atoms with E-state index in [0.717, 1.165) is 18.5 Å². The molecular weight excluding hydrogens is 176 g/mol. The highest BCUT2D eigenvalue weighted by Crippen LogP contribution is 2.27. The van der Waals surface area contributed by atoms with Gasteiger partial charge in [-0.2, -0.15) is 0 Å². The molecule has 0 bridgehead atoms.